The van der Waals surface area contributed by atoms with Gasteiger partial charge < -0.3 is 23.6 Å². The highest BCUT2D eigenvalue weighted by Gasteiger charge is 2.52. The first-order chi connectivity index (χ1) is 29.0. The lowest BCUT2D eigenvalue weighted by molar-refractivity contribution is -0.138. The zero-order valence-electron chi connectivity index (χ0n) is 35.6. The van der Waals surface area contributed by atoms with Crippen molar-refractivity contribution in [3.63, 3.8) is 0 Å². The van der Waals surface area contributed by atoms with Crippen LogP contribution in [0.5, 0.6) is 11.6 Å². The summed E-state index contributed by atoms with van der Waals surface area (Å²) in [5, 5.41) is 7.32. The Labute approximate surface area is 359 Å². The molecule has 6 aromatic rings. The summed E-state index contributed by atoms with van der Waals surface area (Å²) in [7, 11) is -4.91. The van der Waals surface area contributed by atoms with Gasteiger partial charge >= 0.3 is 12.1 Å². The average Bonchev–Trinajstić information content (AvgIpc) is 3.24. The first-order valence-electron chi connectivity index (χ1n) is 20.2. The summed E-state index contributed by atoms with van der Waals surface area (Å²) in [6, 6.07) is 47.3. The summed E-state index contributed by atoms with van der Waals surface area (Å²) < 4.78 is 67.6. The Balaban J connectivity index is 1.47. The van der Waals surface area contributed by atoms with Gasteiger partial charge in [0.05, 0.1) is 31.9 Å². The number of alkyl halides is 3. The van der Waals surface area contributed by atoms with E-state index in [1.807, 2.05) is 72.8 Å². The standard InChI is InChI=1S/C49H53F3N2O5Si2/c1-47(2,3)60(38-21-12-8-13-22-38,39-23-14-9-15-24-39)57-34-36(35-58-61(48(4,5)6,40-25-16-10-17-26-40)41-27-18-11-19-28-41)54-44-31-30-37(33-42(44)46(55)56-7)59-45-43(49(50,51)52)29-20-32-53-45/h8-33,36,54H,34-35H2,1-7H3. The van der Waals surface area contributed by atoms with Crippen molar-refractivity contribution in [2.24, 2.45) is 0 Å². The molecule has 6 rings (SSSR count). The second-order valence-corrected chi connectivity index (χ2v) is 25.6. The normalized spacial score (nSPS) is 12.6. The van der Waals surface area contributed by atoms with Gasteiger partial charge in [0.1, 0.15) is 11.3 Å². The Bertz CT molecular complexity index is 2170. The number of pyridine rings is 1. The molecule has 0 saturated carbocycles. The summed E-state index contributed by atoms with van der Waals surface area (Å²) in [6.07, 6.45) is -3.50. The van der Waals surface area contributed by atoms with E-state index >= 15 is 0 Å². The summed E-state index contributed by atoms with van der Waals surface area (Å²) in [5.41, 5.74) is -0.637. The fraction of sp³-hybridized carbons (Fsp3) is 0.265. The third kappa shape index (κ3) is 9.68. The number of carbonyl (C=O) groups is 1. The molecule has 0 radical (unpaired) electrons. The minimum Gasteiger partial charge on any atom is -0.465 e. The topological polar surface area (TPSA) is 78.9 Å². The van der Waals surface area contributed by atoms with Gasteiger partial charge in [0, 0.05) is 11.9 Å². The van der Waals surface area contributed by atoms with Crippen molar-refractivity contribution in [2.45, 2.75) is 63.8 Å². The van der Waals surface area contributed by atoms with Crippen LogP contribution in [0.1, 0.15) is 57.5 Å². The van der Waals surface area contributed by atoms with Crippen LogP contribution in [0.25, 0.3) is 0 Å². The van der Waals surface area contributed by atoms with Gasteiger partial charge in [-0.2, -0.15) is 13.2 Å². The SMILES string of the molecule is COC(=O)c1cc(Oc2ncccc2C(F)(F)F)ccc1NC(CO[Si](c1ccccc1)(c1ccccc1)C(C)(C)C)CO[Si](c1ccccc1)(c1ccccc1)C(C)(C)C. The molecule has 0 fully saturated rings. The van der Waals surface area contributed by atoms with Gasteiger partial charge in [-0.15, -0.1) is 0 Å². The molecule has 0 unspecified atom stereocenters. The molecular weight excluding hydrogens is 810 g/mol. The van der Waals surface area contributed by atoms with Gasteiger partial charge in [-0.1, -0.05) is 163 Å². The van der Waals surface area contributed by atoms with E-state index in [1.54, 1.807) is 6.07 Å². The zero-order valence-corrected chi connectivity index (χ0v) is 37.6. The van der Waals surface area contributed by atoms with E-state index < -0.39 is 46.3 Å². The van der Waals surface area contributed by atoms with Gasteiger partial charge in [-0.05, 0) is 61.2 Å². The lowest BCUT2D eigenvalue weighted by atomic mass is 10.1. The number of benzene rings is 5. The molecule has 0 atom stereocenters. The summed E-state index contributed by atoms with van der Waals surface area (Å²) in [5.74, 6) is -1.38. The minimum atomic E-state index is -4.71. The van der Waals surface area contributed by atoms with Crippen LogP contribution < -0.4 is 30.8 Å². The lowest BCUT2D eigenvalue weighted by Gasteiger charge is -2.45. The molecule has 0 saturated heterocycles. The van der Waals surface area contributed by atoms with E-state index in [0.717, 1.165) is 26.8 Å². The maximum atomic E-state index is 13.9. The first kappa shape index (κ1) is 45.0. The molecule has 0 aliphatic heterocycles. The number of nitrogens with zero attached hydrogens (tertiary/aromatic N) is 1. The fourth-order valence-corrected chi connectivity index (χ4v) is 17.3. The summed E-state index contributed by atoms with van der Waals surface area (Å²) >= 11 is 0. The molecule has 5 aromatic carbocycles. The monoisotopic (exact) mass is 862 g/mol. The average molecular weight is 863 g/mol. The zero-order chi connectivity index (χ0) is 43.9. The van der Waals surface area contributed by atoms with Crippen LogP contribution in [-0.2, 0) is 19.8 Å². The van der Waals surface area contributed by atoms with Crippen LogP contribution >= 0.6 is 0 Å². The van der Waals surface area contributed by atoms with E-state index in [0.29, 0.717) is 5.69 Å². The predicted octanol–water partition coefficient (Wildman–Crippen LogP) is 9.61. The molecule has 0 spiro atoms. The second kappa shape index (κ2) is 18.6. The molecule has 1 N–H and O–H groups in total. The van der Waals surface area contributed by atoms with Crippen LogP contribution in [0.4, 0.5) is 18.9 Å². The number of methoxy groups -OCH3 is 1. The number of hydrogen-bond acceptors (Lipinski definition) is 7. The second-order valence-electron chi connectivity index (χ2n) is 16.9. The number of ether oxygens (including phenoxy) is 2. The Morgan fingerprint density at radius 3 is 1.43 bits per heavy atom. The van der Waals surface area contributed by atoms with Crippen molar-refractivity contribution in [3.05, 3.63) is 169 Å². The van der Waals surface area contributed by atoms with Crippen LogP contribution in [-0.4, -0.2) is 54.0 Å². The molecule has 1 heterocycles. The Kier molecular flexibility index (Phi) is 13.7. The third-order valence-corrected chi connectivity index (χ3v) is 20.9. The molecule has 0 amide bonds. The van der Waals surface area contributed by atoms with E-state index in [-0.39, 0.29) is 34.6 Å². The van der Waals surface area contributed by atoms with Crippen LogP contribution in [0.15, 0.2) is 158 Å². The summed E-state index contributed by atoms with van der Waals surface area (Å²) in [6.45, 7) is 13.6. The number of carbonyl (C=O) groups excluding carboxylic acids is 1. The molecule has 12 heteroatoms. The van der Waals surface area contributed by atoms with Crippen molar-refractivity contribution in [1.29, 1.82) is 0 Å². The molecule has 0 aliphatic carbocycles. The van der Waals surface area contributed by atoms with Gasteiger partial charge in [0.25, 0.3) is 16.6 Å². The molecule has 61 heavy (non-hydrogen) atoms. The molecule has 1 aromatic heterocycles. The molecular formula is C49H53F3N2O5Si2. The number of hydrogen-bond donors (Lipinski definition) is 1. The highest BCUT2D eigenvalue weighted by Crippen LogP contribution is 2.40. The van der Waals surface area contributed by atoms with E-state index in [9.17, 15) is 18.0 Å². The smallest absolute Gasteiger partial charge is 0.421 e. The van der Waals surface area contributed by atoms with Crippen molar-refractivity contribution in [3.8, 4) is 11.6 Å². The minimum absolute atomic E-state index is 0.0289. The lowest BCUT2D eigenvalue weighted by Crippen LogP contribution is -2.68. The van der Waals surface area contributed by atoms with Gasteiger partial charge in [-0.3, -0.25) is 0 Å². The Hall–Kier alpha value is -5.54. The maximum absolute atomic E-state index is 13.9. The fourth-order valence-electron chi connectivity index (χ4n) is 8.12. The number of rotatable bonds is 15. The summed E-state index contributed by atoms with van der Waals surface area (Å²) in [4.78, 5) is 17.4. The van der Waals surface area contributed by atoms with Crippen LogP contribution in [0, 0.1) is 0 Å². The third-order valence-electron chi connectivity index (χ3n) is 10.9. The number of nitrogens with one attached hydrogen (secondary N) is 1. The highest BCUT2D eigenvalue weighted by molar-refractivity contribution is 7.00. The number of aromatic nitrogens is 1. The molecule has 318 valence electrons. The van der Waals surface area contributed by atoms with Crippen molar-refractivity contribution >= 4 is 49.0 Å². The van der Waals surface area contributed by atoms with Crippen LogP contribution in [0.3, 0.4) is 0 Å². The van der Waals surface area contributed by atoms with Crippen molar-refractivity contribution in [1.82, 2.24) is 4.98 Å². The molecule has 0 aliphatic rings. The van der Waals surface area contributed by atoms with Gasteiger partial charge in [0.2, 0.25) is 5.88 Å². The molecule has 7 nitrogen and oxygen atoms in total. The Morgan fingerprint density at radius 2 is 1.05 bits per heavy atom. The van der Waals surface area contributed by atoms with Crippen molar-refractivity contribution < 1.29 is 36.3 Å². The number of halogens is 3. The first-order valence-corrected chi connectivity index (χ1v) is 24.0. The van der Waals surface area contributed by atoms with Crippen molar-refractivity contribution in [2.75, 3.05) is 25.6 Å². The predicted molar refractivity (Wildman–Crippen MR) is 242 cm³/mol. The van der Waals surface area contributed by atoms with Gasteiger partial charge in [0.15, 0.2) is 0 Å². The van der Waals surface area contributed by atoms with E-state index in [4.69, 9.17) is 18.3 Å². The quantitative estimate of drug-likeness (QED) is 0.0815. The van der Waals surface area contributed by atoms with Gasteiger partial charge in [-0.25, -0.2) is 9.78 Å². The largest absolute Gasteiger partial charge is 0.465 e. The van der Waals surface area contributed by atoms with E-state index in [1.165, 1.54) is 31.5 Å². The Morgan fingerprint density at radius 1 is 0.623 bits per heavy atom. The van der Waals surface area contributed by atoms with E-state index in [2.05, 4.69) is 100 Å². The highest BCUT2D eigenvalue weighted by atomic mass is 28.4. The maximum Gasteiger partial charge on any atom is 0.421 e. The van der Waals surface area contributed by atoms with Crippen LogP contribution in [0.2, 0.25) is 10.1 Å². The molecule has 0 bridgehead atoms. The number of anilines is 1. The number of esters is 1.